The van der Waals surface area contributed by atoms with Crippen molar-refractivity contribution >= 4 is 49.2 Å². The van der Waals surface area contributed by atoms with Gasteiger partial charge in [-0.15, -0.1) is 11.6 Å². The molecule has 2 rings (SSSR count). The maximum atomic E-state index is 12.2. The fourth-order valence-corrected chi connectivity index (χ4v) is 4.97. The highest BCUT2D eigenvalue weighted by Crippen LogP contribution is 2.28. The lowest BCUT2D eigenvalue weighted by Crippen LogP contribution is -2.32. The number of nitrogens with one attached hydrogen (secondary N) is 1. The standard InChI is InChI=1S/C13H16BrCl2NO2S/c14-10-4-5-13(12(16)7-10)20(18,19)17-8-9-2-1-3-11(15)6-9/h4-5,7,9,11,17H,1-3,6,8H2. The lowest BCUT2D eigenvalue weighted by Gasteiger charge is -2.25. The molecule has 1 aromatic carbocycles. The minimum atomic E-state index is -3.57. The second kappa shape index (κ2) is 6.97. The summed E-state index contributed by atoms with van der Waals surface area (Å²) >= 11 is 15.4. The van der Waals surface area contributed by atoms with Crippen LogP contribution in [0.5, 0.6) is 0 Å². The number of alkyl halides is 1. The number of hydrogen-bond donors (Lipinski definition) is 1. The molecule has 1 saturated carbocycles. The third kappa shape index (κ3) is 4.34. The molecule has 0 amide bonds. The maximum absolute atomic E-state index is 12.2. The second-order valence-corrected chi connectivity index (χ2v) is 8.73. The van der Waals surface area contributed by atoms with Crippen LogP contribution >= 0.6 is 39.1 Å². The largest absolute Gasteiger partial charge is 0.242 e. The SMILES string of the molecule is O=S(=O)(NCC1CCCC(Cl)C1)c1ccc(Br)cc1Cl. The summed E-state index contributed by atoms with van der Waals surface area (Å²) in [5.74, 6) is 0.301. The lowest BCUT2D eigenvalue weighted by atomic mass is 9.89. The summed E-state index contributed by atoms with van der Waals surface area (Å²) in [6.45, 7) is 0.415. The molecule has 1 aliphatic rings. The van der Waals surface area contributed by atoms with E-state index in [2.05, 4.69) is 20.7 Å². The molecule has 0 heterocycles. The van der Waals surface area contributed by atoms with Crippen LogP contribution in [0.3, 0.4) is 0 Å². The van der Waals surface area contributed by atoms with E-state index < -0.39 is 10.0 Å². The molecule has 0 spiro atoms. The minimum Gasteiger partial charge on any atom is -0.211 e. The Morgan fingerprint density at radius 3 is 2.75 bits per heavy atom. The molecule has 0 aliphatic heterocycles. The average Bonchev–Trinajstić information content (AvgIpc) is 2.36. The van der Waals surface area contributed by atoms with Crippen LogP contribution in [0.15, 0.2) is 27.6 Å². The van der Waals surface area contributed by atoms with Gasteiger partial charge in [-0.25, -0.2) is 13.1 Å². The molecule has 20 heavy (non-hydrogen) atoms. The van der Waals surface area contributed by atoms with Gasteiger partial charge in [-0.1, -0.05) is 34.0 Å². The van der Waals surface area contributed by atoms with Gasteiger partial charge in [0.1, 0.15) is 4.90 Å². The first-order chi connectivity index (χ1) is 9.38. The molecule has 1 aliphatic carbocycles. The molecule has 0 bridgehead atoms. The van der Waals surface area contributed by atoms with Crippen molar-refractivity contribution in [3.05, 3.63) is 27.7 Å². The molecule has 0 radical (unpaired) electrons. The molecule has 112 valence electrons. The monoisotopic (exact) mass is 399 g/mol. The Bertz CT molecular complexity index is 580. The Morgan fingerprint density at radius 1 is 1.35 bits per heavy atom. The van der Waals surface area contributed by atoms with Crippen LogP contribution in [0.1, 0.15) is 25.7 Å². The summed E-state index contributed by atoms with van der Waals surface area (Å²) in [7, 11) is -3.57. The first-order valence-corrected chi connectivity index (χ1v) is 9.56. The second-order valence-electron chi connectivity index (χ2n) is 5.06. The van der Waals surface area contributed by atoms with Crippen LogP contribution in [-0.4, -0.2) is 20.3 Å². The van der Waals surface area contributed by atoms with Gasteiger partial charge in [0.25, 0.3) is 0 Å². The van der Waals surface area contributed by atoms with E-state index in [1.54, 1.807) is 12.1 Å². The van der Waals surface area contributed by atoms with Crippen molar-refractivity contribution in [3.63, 3.8) is 0 Å². The van der Waals surface area contributed by atoms with E-state index >= 15 is 0 Å². The Hall–Kier alpha value is 0.190. The van der Waals surface area contributed by atoms with Gasteiger partial charge in [0.15, 0.2) is 0 Å². The Morgan fingerprint density at radius 2 is 2.10 bits per heavy atom. The highest BCUT2D eigenvalue weighted by Gasteiger charge is 2.23. The zero-order valence-corrected chi connectivity index (χ0v) is 14.7. The van der Waals surface area contributed by atoms with Gasteiger partial charge < -0.3 is 0 Å². The normalized spacial score (nSPS) is 23.8. The molecule has 3 nitrogen and oxygen atoms in total. The summed E-state index contributed by atoms with van der Waals surface area (Å²) in [5, 5.41) is 0.375. The van der Waals surface area contributed by atoms with Crippen LogP contribution in [-0.2, 0) is 10.0 Å². The van der Waals surface area contributed by atoms with Crippen LogP contribution in [0.2, 0.25) is 5.02 Å². The van der Waals surface area contributed by atoms with Gasteiger partial charge in [-0.2, -0.15) is 0 Å². The highest BCUT2D eigenvalue weighted by atomic mass is 79.9. The van der Waals surface area contributed by atoms with Crippen molar-refractivity contribution in [3.8, 4) is 0 Å². The number of halogens is 3. The zero-order valence-electron chi connectivity index (χ0n) is 10.8. The third-order valence-corrected chi connectivity index (χ3v) is 6.26. The van der Waals surface area contributed by atoms with Crippen molar-refractivity contribution in [1.82, 2.24) is 4.72 Å². The first-order valence-electron chi connectivity index (χ1n) is 6.47. The Kier molecular flexibility index (Phi) is 5.77. The van der Waals surface area contributed by atoms with Gasteiger partial charge in [0.05, 0.1) is 5.02 Å². The molecular weight excluding hydrogens is 385 g/mol. The van der Waals surface area contributed by atoms with Gasteiger partial charge in [-0.3, -0.25) is 0 Å². The van der Waals surface area contributed by atoms with Crippen molar-refractivity contribution in [1.29, 1.82) is 0 Å². The van der Waals surface area contributed by atoms with E-state index in [1.807, 2.05) is 0 Å². The van der Waals surface area contributed by atoms with Crippen LogP contribution < -0.4 is 4.72 Å². The molecule has 1 N–H and O–H groups in total. The van der Waals surface area contributed by atoms with Crippen molar-refractivity contribution in [2.75, 3.05) is 6.54 Å². The quantitative estimate of drug-likeness (QED) is 0.770. The van der Waals surface area contributed by atoms with Crippen LogP contribution in [0, 0.1) is 5.92 Å². The lowest BCUT2D eigenvalue weighted by molar-refractivity contribution is 0.361. The zero-order chi connectivity index (χ0) is 14.8. The van der Waals surface area contributed by atoms with Crippen LogP contribution in [0.4, 0.5) is 0 Å². The predicted molar refractivity (Wildman–Crippen MR) is 85.9 cm³/mol. The summed E-state index contributed by atoms with van der Waals surface area (Å²) in [5.41, 5.74) is 0. The maximum Gasteiger partial charge on any atom is 0.242 e. The van der Waals surface area contributed by atoms with E-state index in [9.17, 15) is 8.42 Å². The number of rotatable bonds is 4. The molecule has 1 fully saturated rings. The molecule has 2 unspecified atom stereocenters. The number of benzene rings is 1. The van der Waals surface area contributed by atoms with Gasteiger partial charge in [-0.05, 0) is 43.4 Å². The molecule has 2 atom stereocenters. The van der Waals surface area contributed by atoms with E-state index in [0.717, 1.165) is 30.2 Å². The summed E-state index contributed by atoms with van der Waals surface area (Å²) < 4.78 is 27.9. The topological polar surface area (TPSA) is 46.2 Å². The van der Waals surface area contributed by atoms with E-state index in [4.69, 9.17) is 23.2 Å². The summed E-state index contributed by atoms with van der Waals surface area (Å²) in [6, 6.07) is 4.74. The fraction of sp³-hybridized carbons (Fsp3) is 0.538. The minimum absolute atomic E-state index is 0.112. The Labute approximate surface area is 138 Å². The summed E-state index contributed by atoms with van der Waals surface area (Å²) in [6.07, 6.45) is 3.95. The number of sulfonamides is 1. The molecule has 7 heteroatoms. The smallest absolute Gasteiger partial charge is 0.211 e. The van der Waals surface area contributed by atoms with Crippen molar-refractivity contribution in [2.45, 2.75) is 36.0 Å². The van der Waals surface area contributed by atoms with Crippen molar-refractivity contribution in [2.24, 2.45) is 5.92 Å². The molecule has 0 aromatic heterocycles. The molecular formula is C13H16BrCl2NO2S. The van der Waals surface area contributed by atoms with E-state index in [1.165, 1.54) is 6.07 Å². The summed E-state index contributed by atoms with van der Waals surface area (Å²) in [4.78, 5) is 0.112. The van der Waals surface area contributed by atoms with E-state index in [0.29, 0.717) is 12.5 Å². The first kappa shape index (κ1) is 16.6. The highest BCUT2D eigenvalue weighted by molar-refractivity contribution is 9.10. The molecule has 1 aromatic rings. The number of hydrogen-bond acceptors (Lipinski definition) is 2. The average molecular weight is 401 g/mol. The van der Waals surface area contributed by atoms with E-state index in [-0.39, 0.29) is 15.3 Å². The van der Waals surface area contributed by atoms with Gasteiger partial charge in [0, 0.05) is 16.4 Å². The van der Waals surface area contributed by atoms with Crippen molar-refractivity contribution < 1.29 is 8.42 Å². The molecule has 0 saturated heterocycles. The Balaban J connectivity index is 2.03. The third-order valence-electron chi connectivity index (χ3n) is 3.46. The van der Waals surface area contributed by atoms with Crippen LogP contribution in [0.25, 0.3) is 0 Å². The predicted octanol–water partition coefficient (Wildman–Crippen LogP) is 4.18. The van der Waals surface area contributed by atoms with Gasteiger partial charge in [0.2, 0.25) is 10.0 Å². The van der Waals surface area contributed by atoms with Gasteiger partial charge >= 0.3 is 0 Å². The fourth-order valence-electron chi connectivity index (χ4n) is 2.41.